The van der Waals surface area contributed by atoms with E-state index in [0.717, 1.165) is 23.2 Å². The molecule has 0 saturated carbocycles. The van der Waals surface area contributed by atoms with Gasteiger partial charge in [0, 0.05) is 24.2 Å². The van der Waals surface area contributed by atoms with Crippen LogP contribution in [0.3, 0.4) is 0 Å². The summed E-state index contributed by atoms with van der Waals surface area (Å²) >= 11 is 3.27. The molecule has 4 nitrogen and oxygen atoms in total. The Morgan fingerprint density at radius 1 is 1.60 bits per heavy atom. The Hall–Kier alpha value is -1.23. The Kier molecular flexibility index (Phi) is 2.56. The maximum absolute atomic E-state index is 5.92. The van der Waals surface area contributed by atoms with E-state index in [9.17, 15) is 0 Å². The molecule has 5 heteroatoms. The van der Waals surface area contributed by atoms with Crippen LogP contribution < -0.4 is 5.73 Å². The molecule has 2 N–H and O–H groups in total. The molecular formula is C10H12BrN3O. The van der Waals surface area contributed by atoms with Crippen molar-refractivity contribution in [1.29, 1.82) is 0 Å². The van der Waals surface area contributed by atoms with Gasteiger partial charge in [0.1, 0.15) is 17.8 Å². The van der Waals surface area contributed by atoms with Crippen LogP contribution in [0.4, 0.5) is 5.82 Å². The maximum atomic E-state index is 5.92. The van der Waals surface area contributed by atoms with Gasteiger partial charge in [0.05, 0.1) is 0 Å². The number of halogens is 1. The third-order valence-electron chi connectivity index (χ3n) is 2.39. The molecule has 2 aromatic heterocycles. The molecule has 2 heterocycles. The Morgan fingerprint density at radius 2 is 2.33 bits per heavy atom. The molecule has 0 saturated heterocycles. The van der Waals surface area contributed by atoms with Crippen molar-refractivity contribution in [1.82, 2.24) is 9.78 Å². The SMILES string of the molecule is CCc1c(-c2coc(Br)c2)nn(C)c1N. The van der Waals surface area contributed by atoms with Gasteiger partial charge in [-0.25, -0.2) is 0 Å². The van der Waals surface area contributed by atoms with Gasteiger partial charge in [0.15, 0.2) is 4.67 Å². The summed E-state index contributed by atoms with van der Waals surface area (Å²) in [6.45, 7) is 2.06. The second kappa shape index (κ2) is 3.73. The monoisotopic (exact) mass is 269 g/mol. The number of nitrogens with zero attached hydrogens (tertiary/aromatic N) is 2. The van der Waals surface area contributed by atoms with E-state index in [-0.39, 0.29) is 0 Å². The molecule has 0 spiro atoms. The van der Waals surface area contributed by atoms with Crippen LogP contribution in [0.2, 0.25) is 0 Å². The fraction of sp³-hybridized carbons (Fsp3) is 0.300. The van der Waals surface area contributed by atoms with Gasteiger partial charge in [0.25, 0.3) is 0 Å². The Labute approximate surface area is 96.2 Å². The largest absolute Gasteiger partial charge is 0.457 e. The van der Waals surface area contributed by atoms with Crippen LogP contribution >= 0.6 is 15.9 Å². The van der Waals surface area contributed by atoms with Crippen molar-refractivity contribution in [3.63, 3.8) is 0 Å². The molecule has 0 amide bonds. The topological polar surface area (TPSA) is 57.0 Å². The van der Waals surface area contributed by atoms with E-state index in [1.807, 2.05) is 13.1 Å². The predicted octanol–water partition coefficient (Wildman–Crippen LogP) is 2.59. The standard InChI is InChI=1S/C10H12BrN3O/c1-3-7-9(13-14(2)10(7)12)6-4-8(11)15-5-6/h4-5H,3,12H2,1-2H3. The maximum Gasteiger partial charge on any atom is 0.169 e. The Morgan fingerprint density at radius 3 is 2.87 bits per heavy atom. The molecule has 80 valence electrons. The highest BCUT2D eigenvalue weighted by molar-refractivity contribution is 9.10. The van der Waals surface area contributed by atoms with Gasteiger partial charge >= 0.3 is 0 Å². The van der Waals surface area contributed by atoms with Crippen molar-refractivity contribution < 1.29 is 4.42 Å². The van der Waals surface area contributed by atoms with Gasteiger partial charge in [-0.3, -0.25) is 4.68 Å². The average molecular weight is 270 g/mol. The average Bonchev–Trinajstić information content (AvgIpc) is 2.73. The van der Waals surface area contributed by atoms with Crippen LogP contribution in [0.1, 0.15) is 12.5 Å². The minimum Gasteiger partial charge on any atom is -0.457 e. The lowest BCUT2D eigenvalue weighted by Crippen LogP contribution is -1.98. The molecule has 2 aromatic rings. The zero-order valence-electron chi connectivity index (χ0n) is 8.62. The highest BCUT2D eigenvalue weighted by Crippen LogP contribution is 2.29. The third kappa shape index (κ3) is 1.67. The molecule has 0 aromatic carbocycles. The van der Waals surface area contributed by atoms with E-state index in [0.29, 0.717) is 10.5 Å². The number of rotatable bonds is 2. The fourth-order valence-corrected chi connectivity index (χ4v) is 1.94. The van der Waals surface area contributed by atoms with Gasteiger partial charge in [-0.15, -0.1) is 0 Å². The van der Waals surface area contributed by atoms with Crippen LogP contribution in [0, 0.1) is 0 Å². The van der Waals surface area contributed by atoms with Gasteiger partial charge < -0.3 is 10.2 Å². The quantitative estimate of drug-likeness (QED) is 0.912. The molecular weight excluding hydrogens is 258 g/mol. The minimum absolute atomic E-state index is 0.698. The number of anilines is 1. The summed E-state index contributed by atoms with van der Waals surface area (Å²) in [6, 6.07) is 1.89. The van der Waals surface area contributed by atoms with Crippen molar-refractivity contribution in [2.24, 2.45) is 7.05 Å². The second-order valence-electron chi connectivity index (χ2n) is 3.33. The molecule has 0 aliphatic rings. The van der Waals surface area contributed by atoms with Gasteiger partial charge in [0.2, 0.25) is 0 Å². The van der Waals surface area contributed by atoms with Crippen molar-refractivity contribution >= 4 is 21.7 Å². The zero-order chi connectivity index (χ0) is 11.0. The van der Waals surface area contributed by atoms with Gasteiger partial charge in [-0.05, 0) is 22.4 Å². The van der Waals surface area contributed by atoms with Crippen molar-refractivity contribution in [2.45, 2.75) is 13.3 Å². The summed E-state index contributed by atoms with van der Waals surface area (Å²) in [5, 5.41) is 4.38. The summed E-state index contributed by atoms with van der Waals surface area (Å²) in [5.74, 6) is 0.713. The van der Waals surface area contributed by atoms with E-state index >= 15 is 0 Å². The van der Waals surface area contributed by atoms with E-state index in [4.69, 9.17) is 10.2 Å². The van der Waals surface area contributed by atoms with Crippen LogP contribution in [0.15, 0.2) is 21.4 Å². The number of aryl methyl sites for hydroxylation is 1. The number of hydrogen-bond acceptors (Lipinski definition) is 3. The fourth-order valence-electron chi connectivity index (χ4n) is 1.60. The first-order valence-electron chi connectivity index (χ1n) is 4.69. The summed E-state index contributed by atoms with van der Waals surface area (Å²) in [5.41, 5.74) is 8.82. The highest BCUT2D eigenvalue weighted by Gasteiger charge is 2.15. The molecule has 0 fully saturated rings. The molecule has 15 heavy (non-hydrogen) atoms. The van der Waals surface area contributed by atoms with E-state index in [1.54, 1.807) is 10.9 Å². The number of aromatic nitrogens is 2. The number of hydrogen-bond donors (Lipinski definition) is 1. The summed E-state index contributed by atoms with van der Waals surface area (Å²) in [7, 11) is 1.84. The van der Waals surface area contributed by atoms with Gasteiger partial charge in [-0.2, -0.15) is 5.10 Å². The highest BCUT2D eigenvalue weighted by atomic mass is 79.9. The summed E-state index contributed by atoms with van der Waals surface area (Å²) in [4.78, 5) is 0. The Bertz CT molecular complexity index is 487. The first-order valence-corrected chi connectivity index (χ1v) is 5.48. The molecule has 2 rings (SSSR count). The normalized spacial score (nSPS) is 10.9. The smallest absolute Gasteiger partial charge is 0.169 e. The van der Waals surface area contributed by atoms with E-state index in [1.165, 1.54) is 0 Å². The molecule has 0 aliphatic carbocycles. The first-order chi connectivity index (χ1) is 7.13. The second-order valence-corrected chi connectivity index (χ2v) is 4.11. The van der Waals surface area contributed by atoms with E-state index in [2.05, 4.69) is 28.0 Å². The Balaban J connectivity index is 2.57. The summed E-state index contributed by atoms with van der Waals surface area (Å²) < 4.78 is 7.58. The first kappa shape index (κ1) is 10.3. The van der Waals surface area contributed by atoms with Crippen LogP contribution in [-0.2, 0) is 13.5 Å². The van der Waals surface area contributed by atoms with E-state index < -0.39 is 0 Å². The summed E-state index contributed by atoms with van der Waals surface area (Å²) in [6.07, 6.45) is 2.53. The number of furan rings is 1. The molecule has 0 bridgehead atoms. The van der Waals surface area contributed by atoms with Crippen LogP contribution in [0.5, 0.6) is 0 Å². The minimum atomic E-state index is 0.698. The van der Waals surface area contributed by atoms with Crippen molar-refractivity contribution in [3.8, 4) is 11.3 Å². The third-order valence-corrected chi connectivity index (χ3v) is 2.80. The predicted molar refractivity (Wildman–Crippen MR) is 62.4 cm³/mol. The lowest BCUT2D eigenvalue weighted by Gasteiger charge is -1.96. The molecule has 0 radical (unpaired) electrons. The number of nitrogens with two attached hydrogens (primary N) is 1. The van der Waals surface area contributed by atoms with Crippen molar-refractivity contribution in [2.75, 3.05) is 5.73 Å². The lowest BCUT2D eigenvalue weighted by atomic mass is 10.1. The molecule has 0 aliphatic heterocycles. The van der Waals surface area contributed by atoms with Crippen LogP contribution in [-0.4, -0.2) is 9.78 Å². The zero-order valence-corrected chi connectivity index (χ0v) is 10.2. The van der Waals surface area contributed by atoms with Crippen molar-refractivity contribution in [3.05, 3.63) is 22.6 Å². The lowest BCUT2D eigenvalue weighted by molar-refractivity contribution is 0.541. The molecule has 0 atom stereocenters. The van der Waals surface area contributed by atoms with Gasteiger partial charge in [-0.1, -0.05) is 6.92 Å². The number of nitrogen functional groups attached to an aromatic ring is 1. The van der Waals surface area contributed by atoms with Crippen LogP contribution in [0.25, 0.3) is 11.3 Å². The molecule has 0 unspecified atom stereocenters.